The molecule has 3 nitrogen and oxygen atoms in total. The molecule has 2 fully saturated rings. The molecule has 0 amide bonds. The first-order valence-electron chi connectivity index (χ1n) is 7.40. The highest BCUT2D eigenvalue weighted by atomic mass is 19.1. The quantitative estimate of drug-likeness (QED) is 0.888. The first-order chi connectivity index (χ1) is 9.58. The Morgan fingerprint density at radius 2 is 2.15 bits per heavy atom. The van der Waals surface area contributed by atoms with Gasteiger partial charge >= 0.3 is 0 Å². The number of hydrogen-bond acceptors (Lipinski definition) is 3. The maximum Gasteiger partial charge on any atom is 0.126 e. The zero-order chi connectivity index (χ0) is 14.2. The second-order valence-corrected chi connectivity index (χ2v) is 6.13. The molecule has 0 bridgehead atoms. The van der Waals surface area contributed by atoms with Gasteiger partial charge in [0.15, 0.2) is 0 Å². The molecule has 3 rings (SSSR count). The Kier molecular flexibility index (Phi) is 3.80. The Bertz CT molecular complexity index is 475. The average molecular weight is 279 g/mol. The fourth-order valence-corrected chi connectivity index (χ4v) is 3.17. The minimum atomic E-state index is -0.747. The van der Waals surface area contributed by atoms with E-state index >= 15 is 0 Å². The fourth-order valence-electron chi connectivity index (χ4n) is 3.17. The van der Waals surface area contributed by atoms with Crippen molar-refractivity contribution in [2.24, 2.45) is 0 Å². The van der Waals surface area contributed by atoms with E-state index in [-0.39, 0.29) is 11.9 Å². The predicted molar refractivity (Wildman–Crippen MR) is 75.1 cm³/mol. The van der Waals surface area contributed by atoms with Gasteiger partial charge in [-0.3, -0.25) is 0 Å². The highest BCUT2D eigenvalue weighted by Crippen LogP contribution is 2.38. The Balaban J connectivity index is 1.48. The lowest BCUT2D eigenvalue weighted by molar-refractivity contribution is -0.0295. The van der Waals surface area contributed by atoms with Gasteiger partial charge in [-0.15, -0.1) is 0 Å². The molecule has 2 unspecified atom stereocenters. The van der Waals surface area contributed by atoms with E-state index in [1.54, 1.807) is 6.07 Å². The molecule has 0 aromatic heterocycles. The summed E-state index contributed by atoms with van der Waals surface area (Å²) in [5.41, 5.74) is 0.0742. The summed E-state index contributed by atoms with van der Waals surface area (Å²) in [5.74, 6) is 0.202. The molecule has 1 aliphatic heterocycles. The third kappa shape index (κ3) is 2.60. The number of halogens is 1. The molecular formula is C16H22FNO2. The van der Waals surface area contributed by atoms with E-state index in [1.807, 2.05) is 19.1 Å². The summed E-state index contributed by atoms with van der Waals surface area (Å²) in [6, 6.07) is 7.38. The van der Waals surface area contributed by atoms with Gasteiger partial charge in [0.05, 0.1) is 6.10 Å². The predicted octanol–water partition coefficient (Wildman–Crippen LogP) is 2.20. The Hall–Kier alpha value is -0.970. The highest BCUT2D eigenvalue weighted by Gasteiger charge is 2.41. The second kappa shape index (κ2) is 5.43. The number of aliphatic hydroxyl groups is 1. The minimum Gasteiger partial charge on any atom is -0.386 e. The standard InChI is InChI=1S/C16H22FNO2/c1-11-16(19,6-7-20-11)10-18-13-8-12(9-13)14-4-2-3-5-15(14)17/h2-5,11-13,18-19H,6-10H2,1H3. The van der Waals surface area contributed by atoms with E-state index in [0.717, 1.165) is 18.4 Å². The molecular weight excluding hydrogens is 257 g/mol. The molecule has 2 aliphatic rings. The van der Waals surface area contributed by atoms with Gasteiger partial charge in [0.2, 0.25) is 0 Å². The smallest absolute Gasteiger partial charge is 0.126 e. The topological polar surface area (TPSA) is 41.5 Å². The summed E-state index contributed by atoms with van der Waals surface area (Å²) < 4.78 is 19.1. The summed E-state index contributed by atoms with van der Waals surface area (Å²) in [6.07, 6.45) is 2.45. The molecule has 1 aliphatic carbocycles. The van der Waals surface area contributed by atoms with Crippen LogP contribution >= 0.6 is 0 Å². The van der Waals surface area contributed by atoms with Crippen LogP contribution < -0.4 is 5.32 Å². The van der Waals surface area contributed by atoms with Crippen LogP contribution in [0.1, 0.15) is 37.7 Å². The van der Waals surface area contributed by atoms with Gasteiger partial charge in [0.25, 0.3) is 0 Å². The summed E-state index contributed by atoms with van der Waals surface area (Å²) in [6.45, 7) is 3.10. The number of nitrogens with one attached hydrogen (secondary N) is 1. The molecule has 2 N–H and O–H groups in total. The molecule has 2 atom stereocenters. The van der Waals surface area contributed by atoms with Crippen molar-refractivity contribution in [2.45, 2.75) is 49.9 Å². The van der Waals surface area contributed by atoms with Crippen LogP contribution in [-0.4, -0.2) is 36.0 Å². The lowest BCUT2D eigenvalue weighted by Crippen LogP contribution is -2.51. The number of rotatable bonds is 4. The zero-order valence-corrected chi connectivity index (χ0v) is 11.8. The van der Waals surface area contributed by atoms with E-state index in [4.69, 9.17) is 4.74 Å². The molecule has 4 heteroatoms. The van der Waals surface area contributed by atoms with Crippen LogP contribution in [0.15, 0.2) is 24.3 Å². The third-order valence-corrected chi connectivity index (χ3v) is 4.84. The molecule has 0 radical (unpaired) electrons. The molecule has 1 saturated heterocycles. The maximum absolute atomic E-state index is 13.7. The van der Waals surface area contributed by atoms with Crippen molar-refractivity contribution in [3.05, 3.63) is 35.6 Å². The van der Waals surface area contributed by atoms with Gasteiger partial charge < -0.3 is 15.2 Å². The summed E-state index contributed by atoms with van der Waals surface area (Å²) in [5, 5.41) is 13.8. The van der Waals surface area contributed by atoms with Crippen LogP contribution in [0.2, 0.25) is 0 Å². The minimum absolute atomic E-state index is 0.104. The molecule has 1 aromatic rings. The van der Waals surface area contributed by atoms with Gasteiger partial charge in [-0.25, -0.2) is 4.39 Å². The van der Waals surface area contributed by atoms with Crippen LogP contribution in [0.3, 0.4) is 0 Å². The van der Waals surface area contributed by atoms with Crippen molar-refractivity contribution in [1.29, 1.82) is 0 Å². The van der Waals surface area contributed by atoms with Crippen molar-refractivity contribution >= 4 is 0 Å². The fraction of sp³-hybridized carbons (Fsp3) is 0.625. The first-order valence-corrected chi connectivity index (χ1v) is 7.40. The molecule has 1 aromatic carbocycles. The summed E-state index contributed by atoms with van der Waals surface area (Å²) in [4.78, 5) is 0. The van der Waals surface area contributed by atoms with Crippen LogP contribution in [0.4, 0.5) is 4.39 Å². The van der Waals surface area contributed by atoms with E-state index in [0.29, 0.717) is 31.5 Å². The largest absolute Gasteiger partial charge is 0.386 e. The van der Waals surface area contributed by atoms with Crippen LogP contribution in [0.5, 0.6) is 0 Å². The monoisotopic (exact) mass is 279 g/mol. The van der Waals surface area contributed by atoms with E-state index in [2.05, 4.69) is 5.32 Å². The summed E-state index contributed by atoms with van der Waals surface area (Å²) in [7, 11) is 0. The molecule has 1 heterocycles. The first kappa shape index (κ1) is 14.0. The normalized spacial score (nSPS) is 36.9. The maximum atomic E-state index is 13.7. The van der Waals surface area contributed by atoms with E-state index in [9.17, 15) is 9.50 Å². The number of hydrogen-bond donors (Lipinski definition) is 2. The van der Waals surface area contributed by atoms with E-state index < -0.39 is 5.60 Å². The highest BCUT2D eigenvalue weighted by molar-refractivity contribution is 5.24. The van der Waals surface area contributed by atoms with Gasteiger partial charge in [0.1, 0.15) is 11.4 Å². The molecule has 1 saturated carbocycles. The van der Waals surface area contributed by atoms with Crippen molar-refractivity contribution in [1.82, 2.24) is 5.32 Å². The van der Waals surface area contributed by atoms with Crippen molar-refractivity contribution in [3.63, 3.8) is 0 Å². The van der Waals surface area contributed by atoms with Crippen LogP contribution in [0.25, 0.3) is 0 Å². The van der Waals surface area contributed by atoms with Gasteiger partial charge in [-0.05, 0) is 37.3 Å². The lowest BCUT2D eigenvalue weighted by atomic mass is 9.75. The van der Waals surface area contributed by atoms with Gasteiger partial charge in [-0.1, -0.05) is 18.2 Å². The van der Waals surface area contributed by atoms with Crippen LogP contribution in [-0.2, 0) is 4.74 Å². The van der Waals surface area contributed by atoms with Crippen molar-refractivity contribution in [3.8, 4) is 0 Å². The van der Waals surface area contributed by atoms with E-state index in [1.165, 1.54) is 6.07 Å². The Morgan fingerprint density at radius 1 is 1.40 bits per heavy atom. The molecule has 0 spiro atoms. The van der Waals surface area contributed by atoms with Crippen molar-refractivity contribution in [2.75, 3.05) is 13.2 Å². The average Bonchev–Trinajstić information content (AvgIpc) is 2.70. The Morgan fingerprint density at radius 3 is 2.80 bits per heavy atom. The summed E-state index contributed by atoms with van der Waals surface area (Å²) >= 11 is 0. The zero-order valence-electron chi connectivity index (χ0n) is 11.8. The second-order valence-electron chi connectivity index (χ2n) is 6.13. The Labute approximate surface area is 119 Å². The molecule has 20 heavy (non-hydrogen) atoms. The SMILES string of the molecule is CC1OCCC1(O)CNC1CC(c2ccccc2F)C1. The third-order valence-electron chi connectivity index (χ3n) is 4.84. The number of benzene rings is 1. The molecule has 110 valence electrons. The lowest BCUT2D eigenvalue weighted by Gasteiger charge is -2.38. The number of ether oxygens (including phenoxy) is 1. The van der Waals surface area contributed by atoms with Crippen molar-refractivity contribution < 1.29 is 14.2 Å². The van der Waals surface area contributed by atoms with Gasteiger partial charge in [-0.2, -0.15) is 0 Å². The van der Waals surface area contributed by atoms with Gasteiger partial charge in [0, 0.05) is 25.6 Å². The van der Waals surface area contributed by atoms with Crippen LogP contribution in [0, 0.1) is 5.82 Å².